The number of benzene rings is 1. The number of cyclic esters (lactones) is 1. The van der Waals surface area contributed by atoms with Crippen LogP contribution in [0.5, 0.6) is 0 Å². The Kier molecular flexibility index (Phi) is 14.9. The number of nitrogens with zero attached hydrogens (tertiary/aromatic N) is 7. The Morgan fingerprint density at radius 3 is 2.58 bits per heavy atom. The van der Waals surface area contributed by atoms with E-state index in [9.17, 15) is 24.0 Å². The van der Waals surface area contributed by atoms with Crippen LogP contribution in [0, 0.1) is 28.6 Å². The molecule has 71 heavy (non-hydrogen) atoms. The van der Waals surface area contributed by atoms with Gasteiger partial charge in [-0.15, -0.1) is 11.3 Å². The van der Waals surface area contributed by atoms with Gasteiger partial charge in [0.05, 0.1) is 45.8 Å². The number of hydrazine groups is 1. The topological polar surface area (TPSA) is 172 Å². The first kappa shape index (κ1) is 51.7. The molecule has 0 aliphatic carbocycles. The number of likely N-dealkylation sites (tertiary alicyclic amines) is 2. The van der Waals surface area contributed by atoms with Crippen molar-refractivity contribution >= 4 is 51.8 Å². The van der Waals surface area contributed by atoms with Gasteiger partial charge in [-0.1, -0.05) is 39.7 Å². The van der Waals surface area contributed by atoms with E-state index in [1.165, 1.54) is 16.3 Å². The molecule has 6 bridgehead atoms. The fourth-order valence-electron chi connectivity index (χ4n) is 10.6. The third kappa shape index (κ3) is 10.4. The average Bonchev–Trinajstić information content (AvgIpc) is 4.14. The molecule has 3 aromatic heterocycles. The van der Waals surface area contributed by atoms with Crippen LogP contribution in [0.25, 0.3) is 33.4 Å². The van der Waals surface area contributed by atoms with E-state index < -0.39 is 52.3 Å². The van der Waals surface area contributed by atoms with Gasteiger partial charge in [-0.3, -0.25) is 38.9 Å². The number of hydrogen-bond donors (Lipinski definition) is 2. The molecule has 1 unspecified atom stereocenters. The zero-order valence-electron chi connectivity index (χ0n) is 43.3. The largest absolute Gasteiger partial charge is 0.464 e. The molecule has 17 heteroatoms. The third-order valence-corrected chi connectivity index (χ3v) is 16.0. The molecule has 3 fully saturated rings. The molecule has 0 radical (unpaired) electrons. The number of esters is 1. The zero-order chi connectivity index (χ0) is 51.2. The number of aryl methyl sites for hydroxylation is 1. The number of fused-ring (bicyclic) bond motifs is 6. The maximum Gasteiger partial charge on any atom is 0.324 e. The smallest absolute Gasteiger partial charge is 0.324 e. The Morgan fingerprint density at radius 1 is 1.10 bits per heavy atom. The first-order valence-electron chi connectivity index (χ1n) is 25.1. The van der Waals surface area contributed by atoms with Gasteiger partial charge in [0, 0.05) is 85.3 Å². The lowest BCUT2D eigenvalue weighted by atomic mass is 9.84. The summed E-state index contributed by atoms with van der Waals surface area (Å²) in [6, 6.07) is 7.67. The van der Waals surface area contributed by atoms with E-state index in [1.54, 1.807) is 23.1 Å². The van der Waals surface area contributed by atoms with Crippen LogP contribution in [-0.4, -0.2) is 141 Å². The summed E-state index contributed by atoms with van der Waals surface area (Å²) in [6.07, 6.45) is 4.16. The number of carbonyl (C=O) groups excluding carboxylic acids is 5. The summed E-state index contributed by atoms with van der Waals surface area (Å²) in [5.41, 5.74) is 7.96. The Bertz CT molecular complexity index is 2770. The minimum atomic E-state index is -1.09. The lowest BCUT2D eigenvalue weighted by Crippen LogP contribution is -2.62. The summed E-state index contributed by atoms with van der Waals surface area (Å²) in [5, 5.41) is 8.19. The van der Waals surface area contributed by atoms with Crippen LogP contribution in [0.4, 0.5) is 0 Å². The summed E-state index contributed by atoms with van der Waals surface area (Å²) in [4.78, 5) is 86.5. The third-order valence-electron chi connectivity index (χ3n) is 15.2. The van der Waals surface area contributed by atoms with Crippen LogP contribution in [0.3, 0.4) is 0 Å². The van der Waals surface area contributed by atoms with Gasteiger partial charge in [-0.25, -0.2) is 10.4 Å². The van der Waals surface area contributed by atoms with Crippen molar-refractivity contribution in [3.63, 3.8) is 0 Å². The maximum atomic E-state index is 14.8. The van der Waals surface area contributed by atoms with Crippen molar-refractivity contribution in [3.05, 3.63) is 58.2 Å². The Labute approximate surface area is 422 Å². The average molecular weight is 990 g/mol. The summed E-state index contributed by atoms with van der Waals surface area (Å²) in [7, 11) is 5.50. The van der Waals surface area contributed by atoms with E-state index in [-0.39, 0.29) is 43.4 Å². The van der Waals surface area contributed by atoms with Crippen molar-refractivity contribution in [1.29, 1.82) is 0 Å². The Hall–Kier alpha value is -5.67. The molecule has 16 nitrogen and oxygen atoms in total. The lowest BCUT2D eigenvalue weighted by molar-refractivity contribution is -0.155. The predicted octanol–water partition coefficient (Wildman–Crippen LogP) is 6.02. The van der Waals surface area contributed by atoms with Crippen molar-refractivity contribution in [2.24, 2.45) is 16.7 Å². The second kappa shape index (κ2) is 20.4. The highest BCUT2D eigenvalue weighted by molar-refractivity contribution is 7.10. The minimum Gasteiger partial charge on any atom is -0.464 e. The summed E-state index contributed by atoms with van der Waals surface area (Å²) in [6.45, 7) is 18.1. The van der Waals surface area contributed by atoms with Gasteiger partial charge in [0.15, 0.2) is 0 Å². The Morgan fingerprint density at radius 2 is 1.86 bits per heavy atom. The molecule has 0 saturated carbocycles. The molecular formula is C54H71N9O7S. The number of rotatable bonds is 9. The quantitative estimate of drug-likeness (QED) is 0.149. The molecule has 4 aliphatic rings. The van der Waals surface area contributed by atoms with Crippen molar-refractivity contribution in [1.82, 2.24) is 45.0 Å². The molecular weight excluding hydrogens is 919 g/mol. The van der Waals surface area contributed by atoms with Crippen LogP contribution in [-0.2, 0) is 52.8 Å². The molecule has 7 heterocycles. The fraction of sp³-hybridized carbons (Fsp3) is 0.574. The van der Waals surface area contributed by atoms with Gasteiger partial charge in [-0.2, -0.15) is 0 Å². The Balaban J connectivity index is 1.12. The number of pyridine rings is 1. The predicted molar refractivity (Wildman–Crippen MR) is 273 cm³/mol. The standard InChI is InChI=1S/C54H71N9O7S/c1-12-61-42-18-17-35-27-37(42)38(47(61)36-15-13-23-55-45(36)34(4)69-11)29-52(5,6)32-70-50(67)39-16-14-24-63(58-39)49(66)40(28-43-56-41(35)30-71-43)57-48(65)46(33(2)3)62-26-22-54(51(62)68)21-25-60(31-54)44(64)19-20-53(7,8)59(9)10/h13,15,17-18,23,27,30,33-34,39-40,46,58H,12,14,16,21-22,24-26,28-29,31-32H2,1-11H3,(H,57,65)/t34-,39-,40-,46?,54+/m0/s1. The second-order valence-electron chi connectivity index (χ2n) is 21.7. The van der Waals surface area contributed by atoms with Gasteiger partial charge in [0.2, 0.25) is 11.8 Å². The van der Waals surface area contributed by atoms with Crippen LogP contribution in [0.2, 0.25) is 0 Å². The number of hydrogen-bond acceptors (Lipinski definition) is 12. The first-order valence-corrected chi connectivity index (χ1v) is 26.0. The van der Waals surface area contributed by atoms with Gasteiger partial charge in [0.25, 0.3) is 11.8 Å². The monoisotopic (exact) mass is 990 g/mol. The van der Waals surface area contributed by atoms with E-state index in [0.29, 0.717) is 63.3 Å². The van der Waals surface area contributed by atoms with Crippen LogP contribution < -0.4 is 10.7 Å². The number of carbonyl (C=O) groups is 5. The fourth-order valence-corrected chi connectivity index (χ4v) is 11.4. The van der Waals surface area contributed by atoms with Crippen molar-refractivity contribution in [2.75, 3.05) is 54.0 Å². The molecule has 8 rings (SSSR count). The van der Waals surface area contributed by atoms with Gasteiger partial charge < -0.3 is 29.2 Å². The minimum absolute atomic E-state index is 0.0769. The molecule has 3 saturated heterocycles. The van der Waals surface area contributed by atoms with Crippen LogP contribution in [0.1, 0.15) is 103 Å². The summed E-state index contributed by atoms with van der Waals surface area (Å²) in [5.74, 6) is 3.76. The first-order chi connectivity index (χ1) is 33.7. The molecule has 4 amide bonds. The second-order valence-corrected chi connectivity index (χ2v) is 22.6. The van der Waals surface area contributed by atoms with Crippen molar-refractivity contribution < 1.29 is 33.4 Å². The lowest BCUT2D eigenvalue weighted by Gasteiger charge is -2.36. The summed E-state index contributed by atoms with van der Waals surface area (Å²) >= 11 is 1.41. The normalized spacial score (nSPS) is 22.7. The van der Waals surface area contributed by atoms with Crippen molar-refractivity contribution in [3.8, 4) is 34.4 Å². The van der Waals surface area contributed by atoms with Crippen molar-refractivity contribution in [2.45, 2.75) is 130 Å². The van der Waals surface area contributed by atoms with E-state index in [2.05, 4.69) is 72.2 Å². The van der Waals surface area contributed by atoms with E-state index in [1.807, 2.05) is 65.1 Å². The molecule has 2 N–H and O–H groups in total. The van der Waals surface area contributed by atoms with Gasteiger partial charge in [0.1, 0.15) is 18.1 Å². The van der Waals surface area contributed by atoms with Gasteiger partial charge >= 0.3 is 5.97 Å². The van der Waals surface area contributed by atoms with Gasteiger partial charge in [-0.05, 0) is 116 Å². The molecule has 4 aliphatic heterocycles. The number of thiazole rings is 1. The van der Waals surface area contributed by atoms with E-state index >= 15 is 0 Å². The maximum absolute atomic E-state index is 14.8. The number of methoxy groups -OCH3 is 1. The molecule has 1 spiro atoms. The van der Waals surface area contributed by atoms with E-state index in [0.717, 1.165) is 44.7 Å². The van der Waals surface area contributed by atoms with Crippen LogP contribution in [0.15, 0.2) is 41.9 Å². The molecule has 1 aromatic carbocycles. The number of ether oxygens (including phenoxy) is 2. The van der Waals surface area contributed by atoms with E-state index in [4.69, 9.17) is 19.4 Å². The number of aromatic nitrogens is 3. The molecule has 4 aromatic rings. The SMILES string of the molecule is CCn1c(-c2cccnc2[C@H](C)OC)c2c3cc(ccc31)-c1csc(n1)C[C@H](NC(=O)C(C(C)C)N1CC[C@@]3(CCN(C(=O)C#CC(C)(C)N(C)C)C3)C1=O)C(=O)N1CCC[C@H](N1)C(=O)OCC(C)(C)C2. The molecule has 380 valence electrons. The number of nitrogens with one attached hydrogen (secondary N) is 2. The zero-order valence-corrected chi connectivity index (χ0v) is 44.1. The molecule has 5 atom stereocenters. The number of amides is 4. The highest BCUT2D eigenvalue weighted by Crippen LogP contribution is 2.44. The summed E-state index contributed by atoms with van der Waals surface area (Å²) < 4.78 is 14.3. The highest BCUT2D eigenvalue weighted by atomic mass is 32.1. The highest BCUT2D eigenvalue weighted by Gasteiger charge is 2.54. The van der Waals surface area contributed by atoms with Crippen LogP contribution >= 0.6 is 11.3 Å².